The van der Waals surface area contributed by atoms with Gasteiger partial charge in [-0.1, -0.05) is 13.0 Å². The van der Waals surface area contributed by atoms with Crippen molar-refractivity contribution in [3.63, 3.8) is 0 Å². The maximum Gasteiger partial charge on any atom is 0.0197 e. The molecule has 2 heteroatoms. The first-order valence-electron chi connectivity index (χ1n) is 6.21. The Kier molecular flexibility index (Phi) is 5.34. The van der Waals surface area contributed by atoms with Crippen LogP contribution in [0.1, 0.15) is 33.6 Å². The molecule has 1 aliphatic heterocycles. The van der Waals surface area contributed by atoms with Crippen LogP contribution < -0.4 is 5.32 Å². The minimum atomic E-state index is 0.613. The molecular formula is C13H26N2. The first-order chi connectivity index (χ1) is 7.13. The summed E-state index contributed by atoms with van der Waals surface area (Å²) in [5.41, 5.74) is 0. The van der Waals surface area contributed by atoms with E-state index >= 15 is 0 Å². The lowest BCUT2D eigenvalue weighted by Gasteiger charge is -2.34. The van der Waals surface area contributed by atoms with E-state index in [0.29, 0.717) is 12.1 Å². The van der Waals surface area contributed by atoms with Crippen LogP contribution in [0.15, 0.2) is 12.7 Å². The first-order valence-corrected chi connectivity index (χ1v) is 6.21. The number of rotatable bonds is 5. The van der Waals surface area contributed by atoms with Gasteiger partial charge in [0.2, 0.25) is 0 Å². The Morgan fingerprint density at radius 2 is 2.27 bits per heavy atom. The van der Waals surface area contributed by atoms with Crippen molar-refractivity contribution in [2.24, 2.45) is 5.92 Å². The van der Waals surface area contributed by atoms with Gasteiger partial charge in [0.15, 0.2) is 0 Å². The molecule has 0 aromatic rings. The highest BCUT2D eigenvalue weighted by molar-refractivity contribution is 4.83. The van der Waals surface area contributed by atoms with E-state index in [1.807, 2.05) is 6.08 Å². The van der Waals surface area contributed by atoms with Crippen LogP contribution in [0.2, 0.25) is 0 Å². The van der Waals surface area contributed by atoms with E-state index < -0.39 is 0 Å². The molecule has 1 rings (SSSR count). The molecule has 0 aliphatic carbocycles. The van der Waals surface area contributed by atoms with Crippen molar-refractivity contribution in [1.29, 1.82) is 0 Å². The fraction of sp³-hybridized carbons (Fsp3) is 0.846. The summed E-state index contributed by atoms with van der Waals surface area (Å²) in [5, 5.41) is 3.62. The second kappa shape index (κ2) is 6.29. The van der Waals surface area contributed by atoms with Gasteiger partial charge in [-0.05, 0) is 39.2 Å². The molecule has 0 aromatic carbocycles. The lowest BCUT2D eigenvalue weighted by Crippen LogP contribution is -2.47. The monoisotopic (exact) mass is 210 g/mol. The number of hydrogen-bond acceptors (Lipinski definition) is 2. The molecule has 2 atom stereocenters. The largest absolute Gasteiger partial charge is 0.313 e. The zero-order valence-electron chi connectivity index (χ0n) is 10.5. The van der Waals surface area contributed by atoms with Crippen molar-refractivity contribution in [3.8, 4) is 0 Å². The summed E-state index contributed by atoms with van der Waals surface area (Å²) in [6.07, 6.45) is 4.66. The Morgan fingerprint density at radius 3 is 2.80 bits per heavy atom. The van der Waals surface area contributed by atoms with Crippen LogP contribution in [0.25, 0.3) is 0 Å². The summed E-state index contributed by atoms with van der Waals surface area (Å²) in [6, 6.07) is 1.29. The van der Waals surface area contributed by atoms with Crippen molar-refractivity contribution in [2.75, 3.05) is 19.6 Å². The number of nitrogens with one attached hydrogen (secondary N) is 1. The lowest BCUT2D eigenvalue weighted by molar-refractivity contribution is 0.188. The Morgan fingerprint density at radius 1 is 1.53 bits per heavy atom. The molecule has 0 spiro atoms. The topological polar surface area (TPSA) is 15.3 Å². The number of piperidine rings is 1. The minimum Gasteiger partial charge on any atom is -0.313 e. The normalized spacial score (nSPS) is 27.3. The van der Waals surface area contributed by atoms with Crippen molar-refractivity contribution >= 4 is 0 Å². The van der Waals surface area contributed by atoms with Gasteiger partial charge in [0.1, 0.15) is 0 Å². The summed E-state index contributed by atoms with van der Waals surface area (Å²) in [4.78, 5) is 2.49. The molecule has 1 aliphatic rings. The first kappa shape index (κ1) is 12.7. The quantitative estimate of drug-likeness (QED) is 0.700. The van der Waals surface area contributed by atoms with E-state index in [1.54, 1.807) is 0 Å². The maximum atomic E-state index is 3.83. The van der Waals surface area contributed by atoms with E-state index in [-0.39, 0.29) is 0 Å². The average Bonchev–Trinajstić information content (AvgIpc) is 2.17. The number of hydrogen-bond donors (Lipinski definition) is 1. The smallest absolute Gasteiger partial charge is 0.0197 e. The molecule has 2 nitrogen and oxygen atoms in total. The summed E-state index contributed by atoms with van der Waals surface area (Å²) in [7, 11) is 0. The van der Waals surface area contributed by atoms with Gasteiger partial charge in [0.25, 0.3) is 0 Å². The van der Waals surface area contributed by atoms with E-state index in [1.165, 1.54) is 19.4 Å². The molecule has 0 radical (unpaired) electrons. The van der Waals surface area contributed by atoms with Crippen LogP contribution in [0, 0.1) is 5.92 Å². The van der Waals surface area contributed by atoms with Crippen molar-refractivity contribution in [2.45, 2.75) is 45.7 Å². The molecule has 1 heterocycles. The van der Waals surface area contributed by atoms with Gasteiger partial charge >= 0.3 is 0 Å². The number of nitrogens with zero attached hydrogens (tertiary/aromatic N) is 1. The van der Waals surface area contributed by atoms with Gasteiger partial charge in [-0.2, -0.15) is 0 Å². The van der Waals surface area contributed by atoms with Crippen LogP contribution in [0.3, 0.4) is 0 Å². The molecule has 0 amide bonds. The van der Waals surface area contributed by atoms with E-state index in [9.17, 15) is 0 Å². The molecule has 0 saturated carbocycles. The maximum absolute atomic E-state index is 3.83. The Hall–Kier alpha value is -0.340. The summed E-state index contributed by atoms with van der Waals surface area (Å²) in [5.74, 6) is 0.883. The SMILES string of the molecule is C=CCN(CC1CC(C)CCN1)C(C)C. The van der Waals surface area contributed by atoms with Crippen molar-refractivity contribution < 1.29 is 0 Å². The highest BCUT2D eigenvalue weighted by Crippen LogP contribution is 2.16. The predicted octanol–water partition coefficient (Wildman–Crippen LogP) is 2.27. The molecule has 1 saturated heterocycles. The van der Waals surface area contributed by atoms with E-state index in [2.05, 4.69) is 37.6 Å². The molecule has 0 aromatic heterocycles. The van der Waals surface area contributed by atoms with Gasteiger partial charge in [-0.3, -0.25) is 4.90 Å². The molecule has 15 heavy (non-hydrogen) atoms. The highest BCUT2D eigenvalue weighted by atomic mass is 15.2. The zero-order valence-corrected chi connectivity index (χ0v) is 10.5. The molecule has 88 valence electrons. The molecular weight excluding hydrogens is 184 g/mol. The van der Waals surface area contributed by atoms with Gasteiger partial charge in [0.05, 0.1) is 0 Å². The van der Waals surface area contributed by atoms with Gasteiger partial charge in [-0.15, -0.1) is 6.58 Å². The Labute approximate surface area is 94.7 Å². The average molecular weight is 210 g/mol. The zero-order chi connectivity index (χ0) is 11.3. The molecule has 1 N–H and O–H groups in total. The van der Waals surface area contributed by atoms with E-state index in [4.69, 9.17) is 0 Å². The van der Waals surface area contributed by atoms with Gasteiger partial charge < -0.3 is 5.32 Å². The molecule has 0 bridgehead atoms. The summed E-state index contributed by atoms with van der Waals surface area (Å²) in [6.45, 7) is 14.1. The fourth-order valence-electron chi connectivity index (χ4n) is 2.30. The standard InChI is InChI=1S/C13H26N2/c1-5-8-15(11(2)3)10-13-9-12(4)6-7-14-13/h5,11-14H,1,6-10H2,2-4H3. The van der Waals surface area contributed by atoms with Gasteiger partial charge in [0, 0.05) is 25.2 Å². The summed E-state index contributed by atoms with van der Waals surface area (Å²) >= 11 is 0. The second-order valence-corrected chi connectivity index (χ2v) is 5.12. The van der Waals surface area contributed by atoms with Crippen LogP contribution in [0.4, 0.5) is 0 Å². The molecule has 2 unspecified atom stereocenters. The van der Waals surface area contributed by atoms with Crippen LogP contribution in [0.5, 0.6) is 0 Å². The highest BCUT2D eigenvalue weighted by Gasteiger charge is 2.21. The third kappa shape index (κ3) is 4.35. The van der Waals surface area contributed by atoms with Crippen LogP contribution in [-0.2, 0) is 0 Å². The molecule has 1 fully saturated rings. The third-order valence-electron chi connectivity index (χ3n) is 3.31. The second-order valence-electron chi connectivity index (χ2n) is 5.12. The Bertz CT molecular complexity index is 189. The van der Waals surface area contributed by atoms with Crippen LogP contribution in [-0.4, -0.2) is 36.6 Å². The van der Waals surface area contributed by atoms with E-state index in [0.717, 1.165) is 19.0 Å². The summed E-state index contributed by atoms with van der Waals surface area (Å²) < 4.78 is 0. The van der Waals surface area contributed by atoms with Gasteiger partial charge in [-0.25, -0.2) is 0 Å². The fourth-order valence-corrected chi connectivity index (χ4v) is 2.30. The van der Waals surface area contributed by atoms with Crippen molar-refractivity contribution in [3.05, 3.63) is 12.7 Å². The minimum absolute atomic E-state index is 0.613. The predicted molar refractivity (Wildman–Crippen MR) is 67.1 cm³/mol. The van der Waals surface area contributed by atoms with Crippen molar-refractivity contribution in [1.82, 2.24) is 10.2 Å². The Balaban J connectivity index is 2.39. The van der Waals surface area contributed by atoms with Crippen LogP contribution >= 0.6 is 0 Å². The lowest BCUT2D eigenvalue weighted by atomic mass is 9.94. The third-order valence-corrected chi connectivity index (χ3v) is 3.31.